The van der Waals surface area contributed by atoms with Crippen molar-refractivity contribution in [2.45, 2.75) is 42.8 Å². The van der Waals surface area contributed by atoms with Gasteiger partial charge >= 0.3 is 5.69 Å². The van der Waals surface area contributed by atoms with Gasteiger partial charge in [-0.15, -0.1) is 5.10 Å². The molecule has 1 saturated heterocycles. The maximum atomic E-state index is 13.7. The summed E-state index contributed by atoms with van der Waals surface area (Å²) in [5.41, 5.74) is -0.618. The molecule has 3 rings (SSSR count). The molecule has 1 fully saturated rings. The molecule has 0 aliphatic carbocycles. The average Bonchev–Trinajstić information content (AvgIpc) is 3.23. The second-order valence-corrected chi connectivity index (χ2v) is 7.24. The van der Waals surface area contributed by atoms with Crippen LogP contribution in [0.15, 0.2) is 28.2 Å². The second kappa shape index (κ2) is 8.00. The molecule has 1 amide bonds. The summed E-state index contributed by atoms with van der Waals surface area (Å²) in [6.07, 6.45) is 1.74. The predicted molar refractivity (Wildman–Crippen MR) is 92.1 cm³/mol. The van der Waals surface area contributed by atoms with E-state index in [-0.39, 0.29) is 17.5 Å². The molecule has 26 heavy (non-hydrogen) atoms. The minimum Gasteiger partial charge on any atom is -0.376 e. The highest BCUT2D eigenvalue weighted by atomic mass is 32.2. The Balaban J connectivity index is 1.67. The average molecular weight is 384 g/mol. The van der Waals surface area contributed by atoms with Gasteiger partial charge in [0.25, 0.3) is 0 Å². The second-order valence-electron chi connectivity index (χ2n) is 5.93. The number of halogens is 2. The van der Waals surface area contributed by atoms with Crippen LogP contribution in [0.25, 0.3) is 0 Å². The van der Waals surface area contributed by atoms with E-state index in [0.29, 0.717) is 18.3 Å². The molecule has 140 valence electrons. The molecule has 0 bridgehead atoms. The predicted octanol–water partition coefficient (Wildman–Crippen LogP) is 2.15. The quantitative estimate of drug-likeness (QED) is 0.745. The van der Waals surface area contributed by atoms with E-state index < -0.39 is 22.8 Å². The maximum Gasteiger partial charge on any atom is 0.344 e. The summed E-state index contributed by atoms with van der Waals surface area (Å²) in [5, 5.41) is 8.30. The van der Waals surface area contributed by atoms with Crippen molar-refractivity contribution in [1.29, 1.82) is 0 Å². The Hall–Kier alpha value is -2.20. The Morgan fingerprint density at radius 2 is 2.35 bits per heavy atom. The van der Waals surface area contributed by atoms with Crippen molar-refractivity contribution in [3.05, 3.63) is 40.3 Å². The largest absolute Gasteiger partial charge is 0.376 e. The standard InChI is InChI=1S/C16H18F2N4O3S/c1-9(14(23)19-13-7-10(17)4-5-12(13)18)26-16-21-20-15(24)22(16)8-11-3-2-6-25-11/h4-5,7,9,11H,2-3,6,8H2,1H3,(H,19,23)(H,20,24)/t9-,11-/m1/s1. The van der Waals surface area contributed by atoms with Gasteiger partial charge in [-0.05, 0) is 31.9 Å². The van der Waals surface area contributed by atoms with Crippen molar-refractivity contribution < 1.29 is 18.3 Å². The van der Waals surface area contributed by atoms with Gasteiger partial charge in [-0.1, -0.05) is 11.8 Å². The number of hydrogen-bond donors (Lipinski definition) is 2. The van der Waals surface area contributed by atoms with Crippen LogP contribution in [0.5, 0.6) is 0 Å². The van der Waals surface area contributed by atoms with Crippen molar-refractivity contribution in [3.8, 4) is 0 Å². The SMILES string of the molecule is C[C@@H](Sc1n[nH]c(=O)n1C[C@H]1CCCO1)C(=O)Nc1cc(F)ccc1F. The molecule has 1 aromatic carbocycles. The van der Waals surface area contributed by atoms with Crippen LogP contribution in [0.3, 0.4) is 0 Å². The summed E-state index contributed by atoms with van der Waals surface area (Å²) < 4.78 is 33.8. The first-order valence-corrected chi connectivity index (χ1v) is 9.01. The zero-order valence-electron chi connectivity index (χ0n) is 14.0. The lowest BCUT2D eigenvalue weighted by molar-refractivity contribution is -0.115. The molecule has 2 aromatic rings. The van der Waals surface area contributed by atoms with Crippen LogP contribution in [0.2, 0.25) is 0 Å². The lowest BCUT2D eigenvalue weighted by Gasteiger charge is -2.14. The first-order chi connectivity index (χ1) is 12.4. The van der Waals surface area contributed by atoms with Gasteiger partial charge in [0, 0.05) is 12.7 Å². The molecular formula is C16H18F2N4O3S. The minimum absolute atomic E-state index is 0.0600. The minimum atomic E-state index is -0.730. The van der Waals surface area contributed by atoms with Gasteiger partial charge in [-0.2, -0.15) is 0 Å². The van der Waals surface area contributed by atoms with Crippen LogP contribution in [0.1, 0.15) is 19.8 Å². The fourth-order valence-electron chi connectivity index (χ4n) is 2.59. The molecule has 2 atom stereocenters. The molecule has 0 saturated carbocycles. The van der Waals surface area contributed by atoms with Crippen molar-refractivity contribution in [3.63, 3.8) is 0 Å². The molecule has 0 radical (unpaired) electrons. The van der Waals surface area contributed by atoms with E-state index in [2.05, 4.69) is 15.5 Å². The van der Waals surface area contributed by atoms with Gasteiger partial charge in [0.05, 0.1) is 23.6 Å². The molecule has 0 spiro atoms. The molecule has 1 aliphatic heterocycles. The van der Waals surface area contributed by atoms with Crippen LogP contribution >= 0.6 is 11.8 Å². The van der Waals surface area contributed by atoms with Crippen molar-refractivity contribution in [1.82, 2.24) is 14.8 Å². The number of aromatic amines is 1. The molecule has 0 unspecified atom stereocenters. The van der Waals surface area contributed by atoms with Gasteiger partial charge in [-0.3, -0.25) is 9.36 Å². The van der Waals surface area contributed by atoms with E-state index in [4.69, 9.17) is 4.74 Å². The van der Waals surface area contributed by atoms with Crippen molar-refractivity contribution in [2.24, 2.45) is 0 Å². The highest BCUT2D eigenvalue weighted by molar-refractivity contribution is 8.00. The van der Waals surface area contributed by atoms with E-state index in [1.807, 2.05) is 0 Å². The van der Waals surface area contributed by atoms with Gasteiger partial charge in [0.1, 0.15) is 11.6 Å². The maximum absolute atomic E-state index is 13.7. The Kier molecular flexibility index (Phi) is 5.72. The van der Waals surface area contributed by atoms with Crippen molar-refractivity contribution >= 4 is 23.4 Å². The Bertz CT molecular complexity index is 848. The van der Waals surface area contributed by atoms with Gasteiger partial charge in [0.15, 0.2) is 5.16 Å². The first-order valence-electron chi connectivity index (χ1n) is 8.13. The van der Waals surface area contributed by atoms with E-state index >= 15 is 0 Å². The summed E-state index contributed by atoms with van der Waals surface area (Å²) in [6, 6.07) is 2.82. The third kappa shape index (κ3) is 4.31. The van der Waals surface area contributed by atoms with Crippen LogP contribution in [0.4, 0.5) is 14.5 Å². The van der Waals surface area contributed by atoms with Gasteiger partial charge in [0.2, 0.25) is 5.91 Å². The Morgan fingerprint density at radius 3 is 3.08 bits per heavy atom. The smallest absolute Gasteiger partial charge is 0.344 e. The number of rotatable bonds is 6. The van der Waals surface area contributed by atoms with E-state index in [0.717, 1.165) is 42.8 Å². The van der Waals surface area contributed by atoms with Crippen LogP contribution in [-0.4, -0.2) is 38.6 Å². The molecule has 1 aromatic heterocycles. The number of amides is 1. The highest BCUT2D eigenvalue weighted by Crippen LogP contribution is 2.24. The van der Waals surface area contributed by atoms with Crippen molar-refractivity contribution in [2.75, 3.05) is 11.9 Å². The number of H-pyrrole nitrogens is 1. The Labute approximate surface area is 152 Å². The van der Waals surface area contributed by atoms with E-state index in [1.165, 1.54) is 4.57 Å². The first kappa shape index (κ1) is 18.6. The van der Waals surface area contributed by atoms with Crippen LogP contribution in [0, 0.1) is 11.6 Å². The molecular weight excluding hydrogens is 366 g/mol. The zero-order chi connectivity index (χ0) is 18.7. The molecule has 2 N–H and O–H groups in total. The highest BCUT2D eigenvalue weighted by Gasteiger charge is 2.23. The monoisotopic (exact) mass is 384 g/mol. The zero-order valence-corrected chi connectivity index (χ0v) is 14.8. The Morgan fingerprint density at radius 1 is 1.54 bits per heavy atom. The third-order valence-corrected chi connectivity index (χ3v) is 5.06. The number of anilines is 1. The number of ether oxygens (including phenoxy) is 1. The van der Waals surface area contributed by atoms with Crippen LogP contribution in [-0.2, 0) is 16.1 Å². The molecule has 2 heterocycles. The number of nitrogens with zero attached hydrogens (tertiary/aromatic N) is 2. The van der Waals surface area contributed by atoms with Crippen LogP contribution < -0.4 is 11.0 Å². The normalized spacial score (nSPS) is 18.0. The van der Waals surface area contributed by atoms with Gasteiger partial charge in [-0.25, -0.2) is 18.7 Å². The number of carbonyl (C=O) groups excluding carboxylic acids is 1. The topological polar surface area (TPSA) is 89.0 Å². The van der Waals surface area contributed by atoms with E-state index in [9.17, 15) is 18.4 Å². The summed E-state index contributed by atoms with van der Waals surface area (Å²) in [5.74, 6) is -1.91. The van der Waals surface area contributed by atoms with E-state index in [1.54, 1.807) is 6.92 Å². The number of nitrogens with one attached hydrogen (secondary N) is 2. The molecule has 1 aliphatic rings. The summed E-state index contributed by atoms with van der Waals surface area (Å²) in [7, 11) is 0. The number of thioether (sulfide) groups is 1. The third-order valence-electron chi connectivity index (χ3n) is 3.97. The number of carbonyl (C=O) groups is 1. The fraction of sp³-hybridized carbons (Fsp3) is 0.438. The van der Waals surface area contributed by atoms with Gasteiger partial charge < -0.3 is 10.1 Å². The number of hydrogen-bond acceptors (Lipinski definition) is 5. The molecule has 10 heteroatoms. The fourth-order valence-corrected chi connectivity index (χ4v) is 3.45. The number of aromatic nitrogens is 3. The summed E-state index contributed by atoms with van der Waals surface area (Å²) >= 11 is 1.05. The number of benzene rings is 1. The molecule has 7 nitrogen and oxygen atoms in total. The summed E-state index contributed by atoms with van der Waals surface area (Å²) in [4.78, 5) is 24.2. The lowest BCUT2D eigenvalue weighted by Crippen LogP contribution is -2.27. The lowest BCUT2D eigenvalue weighted by atomic mass is 10.2. The summed E-state index contributed by atoms with van der Waals surface area (Å²) in [6.45, 7) is 2.61.